The topological polar surface area (TPSA) is 84.4 Å². The fourth-order valence-electron chi connectivity index (χ4n) is 3.02. The van der Waals surface area contributed by atoms with Crippen LogP contribution in [0.2, 0.25) is 0 Å². The SMILES string of the molecule is CCC(C)C(N)C(=O)NCC1CCN(Cc2nc(C)c(C)o2)CC1. The maximum absolute atomic E-state index is 12.1. The summed E-state index contributed by atoms with van der Waals surface area (Å²) in [6, 6.07) is -0.397. The number of carbonyl (C=O) groups excluding carboxylic acids is 1. The zero-order valence-corrected chi connectivity index (χ0v) is 15.5. The molecule has 0 spiro atoms. The number of carbonyl (C=O) groups is 1. The van der Waals surface area contributed by atoms with Gasteiger partial charge in [0.1, 0.15) is 5.76 Å². The number of amides is 1. The lowest BCUT2D eigenvalue weighted by molar-refractivity contribution is -0.123. The Balaban J connectivity index is 1.70. The summed E-state index contributed by atoms with van der Waals surface area (Å²) in [5.74, 6) is 2.44. The standard InChI is InChI=1S/C18H32N4O2/c1-5-12(2)17(19)18(23)20-10-15-6-8-22(9-7-15)11-16-21-13(3)14(4)24-16/h12,15,17H,5-11,19H2,1-4H3,(H,20,23). The molecule has 1 saturated heterocycles. The Kier molecular flexibility index (Phi) is 6.80. The van der Waals surface area contributed by atoms with Crippen LogP contribution in [-0.4, -0.2) is 41.5 Å². The first-order valence-corrected chi connectivity index (χ1v) is 9.09. The lowest BCUT2D eigenvalue weighted by Gasteiger charge is -2.31. The van der Waals surface area contributed by atoms with Crippen molar-refractivity contribution < 1.29 is 9.21 Å². The van der Waals surface area contributed by atoms with E-state index in [-0.39, 0.29) is 11.8 Å². The van der Waals surface area contributed by atoms with Gasteiger partial charge in [0.2, 0.25) is 11.8 Å². The van der Waals surface area contributed by atoms with E-state index >= 15 is 0 Å². The van der Waals surface area contributed by atoms with E-state index in [1.54, 1.807) is 0 Å². The Morgan fingerprint density at radius 2 is 2.08 bits per heavy atom. The average Bonchev–Trinajstić information content (AvgIpc) is 2.90. The second-order valence-electron chi connectivity index (χ2n) is 7.13. The quantitative estimate of drug-likeness (QED) is 0.795. The molecule has 1 aromatic heterocycles. The molecule has 0 aromatic carbocycles. The number of likely N-dealkylation sites (tertiary alicyclic amines) is 1. The molecule has 0 radical (unpaired) electrons. The summed E-state index contributed by atoms with van der Waals surface area (Å²) in [6.45, 7) is 11.5. The van der Waals surface area contributed by atoms with E-state index in [9.17, 15) is 4.79 Å². The first-order valence-electron chi connectivity index (χ1n) is 9.09. The molecule has 2 rings (SSSR count). The summed E-state index contributed by atoms with van der Waals surface area (Å²) >= 11 is 0. The van der Waals surface area contributed by atoms with Crippen LogP contribution in [0.3, 0.4) is 0 Å². The van der Waals surface area contributed by atoms with Crippen LogP contribution in [0.15, 0.2) is 4.42 Å². The molecule has 1 aromatic rings. The van der Waals surface area contributed by atoms with Crippen molar-refractivity contribution in [2.45, 2.75) is 59.5 Å². The van der Waals surface area contributed by atoms with E-state index in [2.05, 4.69) is 22.1 Å². The third-order valence-corrected chi connectivity index (χ3v) is 5.26. The minimum absolute atomic E-state index is 0.0162. The highest BCUT2D eigenvalue weighted by Crippen LogP contribution is 2.19. The van der Waals surface area contributed by atoms with Crippen molar-refractivity contribution in [1.29, 1.82) is 0 Å². The number of piperidine rings is 1. The molecular formula is C18H32N4O2. The molecule has 2 unspecified atom stereocenters. The van der Waals surface area contributed by atoms with Gasteiger partial charge in [0.15, 0.2) is 0 Å². The molecule has 0 bridgehead atoms. The van der Waals surface area contributed by atoms with Crippen molar-refractivity contribution in [1.82, 2.24) is 15.2 Å². The number of aromatic nitrogens is 1. The van der Waals surface area contributed by atoms with Crippen LogP contribution in [-0.2, 0) is 11.3 Å². The normalized spacial score (nSPS) is 19.2. The van der Waals surface area contributed by atoms with Crippen molar-refractivity contribution in [3.8, 4) is 0 Å². The molecule has 3 N–H and O–H groups in total. The number of hydrogen-bond donors (Lipinski definition) is 2. The minimum atomic E-state index is -0.397. The van der Waals surface area contributed by atoms with E-state index in [1.807, 2.05) is 20.8 Å². The predicted molar refractivity (Wildman–Crippen MR) is 94.4 cm³/mol. The Hall–Kier alpha value is -1.40. The monoisotopic (exact) mass is 336 g/mol. The lowest BCUT2D eigenvalue weighted by atomic mass is 9.95. The van der Waals surface area contributed by atoms with Crippen LogP contribution in [0, 0.1) is 25.7 Å². The minimum Gasteiger partial charge on any atom is -0.444 e. The molecule has 136 valence electrons. The largest absolute Gasteiger partial charge is 0.444 e. The molecule has 1 fully saturated rings. The van der Waals surface area contributed by atoms with E-state index in [0.29, 0.717) is 5.92 Å². The molecule has 24 heavy (non-hydrogen) atoms. The first kappa shape index (κ1) is 18.9. The van der Waals surface area contributed by atoms with Gasteiger partial charge in [-0.25, -0.2) is 4.98 Å². The van der Waals surface area contributed by atoms with Gasteiger partial charge in [-0.15, -0.1) is 0 Å². The van der Waals surface area contributed by atoms with Crippen LogP contribution in [0.5, 0.6) is 0 Å². The van der Waals surface area contributed by atoms with Crippen LogP contribution >= 0.6 is 0 Å². The number of aryl methyl sites for hydroxylation is 2. The highest BCUT2D eigenvalue weighted by atomic mass is 16.4. The van der Waals surface area contributed by atoms with Crippen LogP contribution in [0.4, 0.5) is 0 Å². The number of rotatable bonds is 7. The summed E-state index contributed by atoms with van der Waals surface area (Å²) in [7, 11) is 0. The maximum atomic E-state index is 12.1. The van der Waals surface area contributed by atoms with Crippen molar-refractivity contribution in [2.75, 3.05) is 19.6 Å². The highest BCUT2D eigenvalue weighted by Gasteiger charge is 2.23. The van der Waals surface area contributed by atoms with Crippen molar-refractivity contribution in [2.24, 2.45) is 17.6 Å². The Morgan fingerprint density at radius 3 is 2.62 bits per heavy atom. The van der Waals surface area contributed by atoms with Gasteiger partial charge in [0.05, 0.1) is 18.3 Å². The Morgan fingerprint density at radius 1 is 1.42 bits per heavy atom. The fourth-order valence-corrected chi connectivity index (χ4v) is 3.02. The van der Waals surface area contributed by atoms with E-state index < -0.39 is 6.04 Å². The van der Waals surface area contributed by atoms with Crippen molar-refractivity contribution >= 4 is 5.91 Å². The third kappa shape index (κ3) is 5.05. The number of nitrogens with zero attached hydrogens (tertiary/aromatic N) is 2. The molecule has 0 saturated carbocycles. The molecule has 2 atom stereocenters. The second-order valence-corrected chi connectivity index (χ2v) is 7.13. The zero-order valence-electron chi connectivity index (χ0n) is 15.5. The molecule has 1 amide bonds. The van der Waals surface area contributed by atoms with E-state index in [0.717, 1.165) is 62.8 Å². The second kappa shape index (κ2) is 8.62. The first-order chi connectivity index (χ1) is 11.4. The third-order valence-electron chi connectivity index (χ3n) is 5.26. The predicted octanol–water partition coefficient (Wildman–Crippen LogP) is 1.99. The molecular weight excluding hydrogens is 304 g/mol. The van der Waals surface area contributed by atoms with Crippen molar-refractivity contribution in [3.05, 3.63) is 17.3 Å². The van der Waals surface area contributed by atoms with Gasteiger partial charge in [-0.05, 0) is 51.6 Å². The van der Waals surface area contributed by atoms with Crippen LogP contribution in [0.1, 0.15) is 50.5 Å². The molecule has 2 heterocycles. The smallest absolute Gasteiger partial charge is 0.237 e. The van der Waals surface area contributed by atoms with Gasteiger partial charge < -0.3 is 15.5 Å². The molecule has 6 nitrogen and oxygen atoms in total. The number of oxazole rings is 1. The summed E-state index contributed by atoms with van der Waals surface area (Å²) in [5.41, 5.74) is 6.94. The van der Waals surface area contributed by atoms with Crippen LogP contribution in [0.25, 0.3) is 0 Å². The Bertz CT molecular complexity index is 516. The maximum Gasteiger partial charge on any atom is 0.237 e. The number of hydrogen-bond acceptors (Lipinski definition) is 5. The van der Waals surface area contributed by atoms with Gasteiger partial charge in [-0.2, -0.15) is 0 Å². The van der Waals surface area contributed by atoms with Crippen molar-refractivity contribution in [3.63, 3.8) is 0 Å². The van der Waals surface area contributed by atoms with Gasteiger partial charge in [0, 0.05) is 6.54 Å². The summed E-state index contributed by atoms with van der Waals surface area (Å²) in [4.78, 5) is 18.9. The lowest BCUT2D eigenvalue weighted by Crippen LogP contribution is -2.47. The summed E-state index contributed by atoms with van der Waals surface area (Å²) < 4.78 is 5.66. The number of nitrogens with two attached hydrogens (primary N) is 1. The zero-order chi connectivity index (χ0) is 17.7. The average molecular weight is 336 g/mol. The molecule has 0 aliphatic carbocycles. The van der Waals surface area contributed by atoms with Gasteiger partial charge >= 0.3 is 0 Å². The van der Waals surface area contributed by atoms with Gasteiger partial charge in [-0.1, -0.05) is 20.3 Å². The molecule has 6 heteroatoms. The fraction of sp³-hybridized carbons (Fsp3) is 0.778. The molecule has 1 aliphatic rings. The highest BCUT2D eigenvalue weighted by molar-refractivity contribution is 5.81. The molecule has 1 aliphatic heterocycles. The van der Waals surface area contributed by atoms with Crippen LogP contribution < -0.4 is 11.1 Å². The van der Waals surface area contributed by atoms with Gasteiger partial charge in [-0.3, -0.25) is 9.69 Å². The van der Waals surface area contributed by atoms with Gasteiger partial charge in [0.25, 0.3) is 0 Å². The van der Waals surface area contributed by atoms with E-state index in [4.69, 9.17) is 10.2 Å². The summed E-state index contributed by atoms with van der Waals surface area (Å²) in [5, 5.41) is 3.03. The summed E-state index contributed by atoms with van der Waals surface area (Å²) in [6.07, 6.45) is 3.09. The number of nitrogens with one attached hydrogen (secondary N) is 1. The Labute approximate surface area is 145 Å². The van der Waals surface area contributed by atoms with E-state index in [1.165, 1.54) is 0 Å².